The summed E-state index contributed by atoms with van der Waals surface area (Å²) in [4.78, 5) is 5.60. The SMILES string of the molecule is CN(C)CCc1c[nH]c2ccc(CC3COCN3)cc12. The van der Waals surface area contributed by atoms with Crippen LogP contribution in [0, 0.1) is 0 Å². The Bertz CT molecular complexity index is 570. The maximum Gasteiger partial charge on any atom is 0.0969 e. The van der Waals surface area contributed by atoms with Gasteiger partial charge in [0.2, 0.25) is 0 Å². The second kappa shape index (κ2) is 5.95. The van der Waals surface area contributed by atoms with Gasteiger partial charge in [-0.15, -0.1) is 0 Å². The molecule has 4 heteroatoms. The lowest BCUT2D eigenvalue weighted by molar-refractivity contribution is 0.189. The van der Waals surface area contributed by atoms with Crippen molar-refractivity contribution >= 4 is 10.9 Å². The van der Waals surface area contributed by atoms with Gasteiger partial charge in [0.1, 0.15) is 0 Å². The molecule has 1 aliphatic rings. The minimum absolute atomic E-state index is 0.455. The third-order valence-electron chi connectivity index (χ3n) is 3.94. The number of benzene rings is 1. The van der Waals surface area contributed by atoms with Crippen LogP contribution in [0.15, 0.2) is 24.4 Å². The zero-order valence-corrected chi connectivity index (χ0v) is 12.3. The number of fused-ring (bicyclic) bond motifs is 1. The molecule has 0 aliphatic carbocycles. The number of hydrogen-bond acceptors (Lipinski definition) is 3. The van der Waals surface area contributed by atoms with E-state index in [1.54, 1.807) is 0 Å². The van der Waals surface area contributed by atoms with Crippen LogP contribution >= 0.6 is 0 Å². The van der Waals surface area contributed by atoms with Gasteiger partial charge >= 0.3 is 0 Å². The van der Waals surface area contributed by atoms with E-state index in [-0.39, 0.29) is 0 Å². The monoisotopic (exact) mass is 273 g/mol. The van der Waals surface area contributed by atoms with Gasteiger partial charge in [0.15, 0.2) is 0 Å². The van der Waals surface area contributed by atoms with E-state index in [0.29, 0.717) is 12.8 Å². The highest BCUT2D eigenvalue weighted by molar-refractivity contribution is 5.83. The predicted octanol–water partition coefficient (Wildman–Crippen LogP) is 1.76. The molecule has 1 aromatic carbocycles. The molecule has 2 heterocycles. The summed E-state index contributed by atoms with van der Waals surface area (Å²) in [6.45, 7) is 2.58. The first-order chi connectivity index (χ1) is 9.72. The van der Waals surface area contributed by atoms with Crippen LogP contribution in [-0.4, -0.2) is 49.9 Å². The van der Waals surface area contributed by atoms with E-state index >= 15 is 0 Å². The second-order valence-corrected chi connectivity index (χ2v) is 5.87. The molecule has 1 saturated heterocycles. The minimum Gasteiger partial charge on any atom is -0.365 e. The lowest BCUT2D eigenvalue weighted by atomic mass is 10.0. The first-order valence-corrected chi connectivity index (χ1v) is 7.27. The smallest absolute Gasteiger partial charge is 0.0969 e. The van der Waals surface area contributed by atoms with Crippen molar-refractivity contribution < 1.29 is 4.74 Å². The van der Waals surface area contributed by atoms with Crippen molar-refractivity contribution in [2.45, 2.75) is 18.9 Å². The van der Waals surface area contributed by atoms with Crippen LogP contribution in [0.3, 0.4) is 0 Å². The summed E-state index contributed by atoms with van der Waals surface area (Å²) >= 11 is 0. The van der Waals surface area contributed by atoms with E-state index in [0.717, 1.165) is 26.0 Å². The molecule has 0 saturated carbocycles. The third kappa shape index (κ3) is 3.03. The van der Waals surface area contributed by atoms with Crippen molar-refractivity contribution in [3.8, 4) is 0 Å². The van der Waals surface area contributed by atoms with Crippen molar-refractivity contribution in [2.75, 3.05) is 34.0 Å². The molecule has 20 heavy (non-hydrogen) atoms. The molecule has 0 spiro atoms. The first kappa shape index (κ1) is 13.6. The second-order valence-electron chi connectivity index (χ2n) is 5.87. The van der Waals surface area contributed by atoms with Crippen LogP contribution in [0.4, 0.5) is 0 Å². The van der Waals surface area contributed by atoms with Crippen molar-refractivity contribution in [3.63, 3.8) is 0 Å². The molecule has 1 aliphatic heterocycles. The summed E-state index contributed by atoms with van der Waals surface area (Å²) in [5, 5.41) is 4.73. The van der Waals surface area contributed by atoms with Crippen LogP contribution in [0.2, 0.25) is 0 Å². The molecule has 1 fully saturated rings. The summed E-state index contributed by atoms with van der Waals surface area (Å²) in [6, 6.07) is 7.20. The maximum absolute atomic E-state index is 5.37. The molecule has 2 N–H and O–H groups in total. The highest BCUT2D eigenvalue weighted by Crippen LogP contribution is 2.21. The van der Waals surface area contributed by atoms with E-state index < -0.39 is 0 Å². The molecule has 1 atom stereocenters. The Balaban J connectivity index is 1.78. The number of hydrogen-bond donors (Lipinski definition) is 2. The van der Waals surface area contributed by atoms with Crippen molar-refractivity contribution in [1.29, 1.82) is 0 Å². The Hall–Kier alpha value is -1.36. The molecule has 0 bridgehead atoms. The van der Waals surface area contributed by atoms with Crippen LogP contribution in [-0.2, 0) is 17.6 Å². The van der Waals surface area contributed by atoms with Gasteiger partial charge in [0.25, 0.3) is 0 Å². The fourth-order valence-electron chi connectivity index (χ4n) is 2.76. The van der Waals surface area contributed by atoms with E-state index in [2.05, 4.69) is 53.7 Å². The number of likely N-dealkylation sites (N-methyl/N-ethyl adjacent to an activating group) is 1. The zero-order valence-electron chi connectivity index (χ0n) is 12.3. The van der Waals surface area contributed by atoms with Gasteiger partial charge in [-0.05, 0) is 50.2 Å². The van der Waals surface area contributed by atoms with Crippen LogP contribution in [0.5, 0.6) is 0 Å². The highest BCUT2D eigenvalue weighted by Gasteiger charge is 2.15. The number of aromatic amines is 1. The molecule has 0 radical (unpaired) electrons. The Morgan fingerprint density at radius 2 is 2.25 bits per heavy atom. The highest BCUT2D eigenvalue weighted by atomic mass is 16.5. The van der Waals surface area contributed by atoms with Gasteiger partial charge in [0, 0.05) is 29.7 Å². The fraction of sp³-hybridized carbons (Fsp3) is 0.500. The topological polar surface area (TPSA) is 40.3 Å². The molecule has 0 amide bonds. The Morgan fingerprint density at radius 1 is 1.35 bits per heavy atom. The number of aromatic nitrogens is 1. The Labute approximate surface area is 120 Å². The molecule has 3 rings (SSSR count). The van der Waals surface area contributed by atoms with E-state index in [1.165, 1.54) is 22.0 Å². The van der Waals surface area contributed by atoms with Gasteiger partial charge in [-0.25, -0.2) is 0 Å². The number of ether oxygens (including phenoxy) is 1. The molecule has 1 unspecified atom stereocenters. The first-order valence-electron chi connectivity index (χ1n) is 7.27. The van der Waals surface area contributed by atoms with Gasteiger partial charge < -0.3 is 14.6 Å². The normalized spacial score (nSPS) is 19.2. The lowest BCUT2D eigenvalue weighted by Crippen LogP contribution is -2.25. The summed E-state index contributed by atoms with van der Waals surface area (Å²) in [5.74, 6) is 0. The van der Waals surface area contributed by atoms with Crippen molar-refractivity contribution in [2.24, 2.45) is 0 Å². The molecule has 4 nitrogen and oxygen atoms in total. The molecule has 1 aromatic heterocycles. The molecule has 2 aromatic rings. The Kier molecular flexibility index (Phi) is 4.05. The largest absolute Gasteiger partial charge is 0.365 e. The lowest BCUT2D eigenvalue weighted by Gasteiger charge is -2.10. The van der Waals surface area contributed by atoms with Crippen LogP contribution in [0.25, 0.3) is 10.9 Å². The predicted molar refractivity (Wildman–Crippen MR) is 82.0 cm³/mol. The zero-order chi connectivity index (χ0) is 13.9. The maximum atomic E-state index is 5.37. The number of H-pyrrole nitrogens is 1. The third-order valence-corrected chi connectivity index (χ3v) is 3.94. The standard InChI is InChI=1S/C16H23N3O/c1-19(2)6-5-13-9-17-16-4-3-12(8-15(13)16)7-14-10-20-11-18-14/h3-4,8-9,14,17-18H,5-7,10-11H2,1-2H3. The molecular formula is C16H23N3O. The van der Waals surface area contributed by atoms with Gasteiger partial charge in [-0.2, -0.15) is 0 Å². The van der Waals surface area contributed by atoms with Gasteiger partial charge in [0.05, 0.1) is 13.3 Å². The number of rotatable bonds is 5. The van der Waals surface area contributed by atoms with Crippen molar-refractivity contribution in [3.05, 3.63) is 35.5 Å². The van der Waals surface area contributed by atoms with Gasteiger partial charge in [-0.3, -0.25) is 5.32 Å². The molecular weight excluding hydrogens is 250 g/mol. The van der Waals surface area contributed by atoms with Crippen molar-refractivity contribution in [1.82, 2.24) is 15.2 Å². The Morgan fingerprint density at radius 3 is 3.00 bits per heavy atom. The number of nitrogens with zero attached hydrogens (tertiary/aromatic N) is 1. The fourth-order valence-corrected chi connectivity index (χ4v) is 2.76. The quantitative estimate of drug-likeness (QED) is 0.872. The van der Waals surface area contributed by atoms with E-state index in [9.17, 15) is 0 Å². The number of nitrogens with one attached hydrogen (secondary N) is 2. The van der Waals surface area contributed by atoms with E-state index in [1.807, 2.05) is 0 Å². The van der Waals surface area contributed by atoms with Crippen LogP contribution in [0.1, 0.15) is 11.1 Å². The average Bonchev–Trinajstić information content (AvgIpc) is 3.05. The van der Waals surface area contributed by atoms with E-state index in [4.69, 9.17) is 4.74 Å². The summed E-state index contributed by atoms with van der Waals surface area (Å²) in [7, 11) is 4.23. The van der Waals surface area contributed by atoms with Crippen LogP contribution < -0.4 is 5.32 Å². The average molecular weight is 273 g/mol. The van der Waals surface area contributed by atoms with Gasteiger partial charge in [-0.1, -0.05) is 6.07 Å². The molecule has 108 valence electrons. The summed E-state index contributed by atoms with van der Waals surface area (Å²) < 4.78 is 5.37. The summed E-state index contributed by atoms with van der Waals surface area (Å²) in [5.41, 5.74) is 4.02. The minimum atomic E-state index is 0.455. The summed E-state index contributed by atoms with van der Waals surface area (Å²) in [6.07, 6.45) is 4.27.